The van der Waals surface area contributed by atoms with Gasteiger partial charge in [0.2, 0.25) is 0 Å². The summed E-state index contributed by atoms with van der Waals surface area (Å²) in [7, 11) is 1.57. The highest BCUT2D eigenvalue weighted by Crippen LogP contribution is 2.17. The van der Waals surface area contributed by atoms with Crippen molar-refractivity contribution in [2.75, 3.05) is 13.9 Å². The summed E-state index contributed by atoms with van der Waals surface area (Å²) in [6.07, 6.45) is 3.82. The molecule has 0 N–H and O–H groups in total. The molecule has 0 saturated heterocycles. The van der Waals surface area contributed by atoms with E-state index in [4.69, 9.17) is 18.9 Å². The summed E-state index contributed by atoms with van der Waals surface area (Å²) in [5, 5.41) is 0. The number of carbonyl (C=O) groups excluding carboxylic acids is 1. The van der Waals surface area contributed by atoms with Gasteiger partial charge in [-0.1, -0.05) is 6.08 Å². The van der Waals surface area contributed by atoms with Crippen molar-refractivity contribution in [1.29, 1.82) is 0 Å². The van der Waals surface area contributed by atoms with E-state index in [0.29, 0.717) is 6.42 Å². The van der Waals surface area contributed by atoms with Crippen molar-refractivity contribution in [2.24, 2.45) is 0 Å². The van der Waals surface area contributed by atoms with Gasteiger partial charge in [0.15, 0.2) is 13.1 Å². The normalized spacial score (nSPS) is 25.7. The fourth-order valence-corrected chi connectivity index (χ4v) is 1.35. The molecule has 0 aromatic carbocycles. The number of rotatable bonds is 6. The molecule has 1 rings (SSSR count). The Labute approximate surface area is 95.3 Å². The molecule has 1 aliphatic carbocycles. The van der Waals surface area contributed by atoms with Crippen molar-refractivity contribution in [3.05, 3.63) is 12.2 Å². The maximum Gasteiger partial charge on any atom is 0.303 e. The van der Waals surface area contributed by atoms with Crippen LogP contribution in [-0.2, 0) is 23.7 Å². The fraction of sp³-hybridized carbons (Fsp3) is 0.727. The lowest BCUT2D eigenvalue weighted by Gasteiger charge is -2.15. The van der Waals surface area contributed by atoms with Crippen molar-refractivity contribution >= 4 is 5.97 Å². The molecule has 5 heteroatoms. The second kappa shape index (κ2) is 6.62. The second-order valence-electron chi connectivity index (χ2n) is 3.56. The predicted molar refractivity (Wildman–Crippen MR) is 56.6 cm³/mol. The minimum atomic E-state index is -0.283. The molecule has 0 saturated carbocycles. The van der Waals surface area contributed by atoms with E-state index in [1.165, 1.54) is 6.92 Å². The fourth-order valence-electron chi connectivity index (χ4n) is 1.35. The van der Waals surface area contributed by atoms with Crippen LogP contribution in [0.5, 0.6) is 0 Å². The van der Waals surface area contributed by atoms with Gasteiger partial charge in [-0.05, 0) is 13.0 Å². The molecule has 92 valence electrons. The zero-order valence-electron chi connectivity index (χ0n) is 9.84. The Morgan fingerprint density at radius 2 is 2.12 bits per heavy atom. The molecule has 0 heterocycles. The van der Waals surface area contributed by atoms with Crippen molar-refractivity contribution in [2.45, 2.75) is 38.8 Å². The lowest BCUT2D eigenvalue weighted by molar-refractivity contribution is -0.183. The van der Waals surface area contributed by atoms with Gasteiger partial charge in [-0.15, -0.1) is 0 Å². The molecule has 0 aliphatic heterocycles. The minimum absolute atomic E-state index is 0.0617. The molecule has 0 fully saturated rings. The van der Waals surface area contributed by atoms with Gasteiger partial charge >= 0.3 is 5.97 Å². The van der Waals surface area contributed by atoms with E-state index >= 15 is 0 Å². The first-order valence-corrected chi connectivity index (χ1v) is 5.23. The van der Waals surface area contributed by atoms with Gasteiger partial charge in [0.25, 0.3) is 0 Å². The Hall–Kier alpha value is -0.910. The molecule has 3 atom stereocenters. The third kappa shape index (κ3) is 4.74. The molecule has 5 nitrogen and oxygen atoms in total. The van der Waals surface area contributed by atoms with Gasteiger partial charge < -0.3 is 18.9 Å². The third-order valence-corrected chi connectivity index (χ3v) is 2.24. The van der Waals surface area contributed by atoms with E-state index in [2.05, 4.69) is 0 Å². The molecule has 0 radical (unpaired) electrons. The smallest absolute Gasteiger partial charge is 0.303 e. The van der Waals surface area contributed by atoms with E-state index in [1.54, 1.807) is 14.0 Å². The van der Waals surface area contributed by atoms with E-state index in [9.17, 15) is 4.79 Å². The van der Waals surface area contributed by atoms with Crippen LogP contribution in [0.4, 0.5) is 0 Å². The average Bonchev–Trinajstić information content (AvgIpc) is 2.64. The lowest BCUT2D eigenvalue weighted by Crippen LogP contribution is -2.19. The maximum absolute atomic E-state index is 10.7. The van der Waals surface area contributed by atoms with Crippen LogP contribution in [0, 0.1) is 0 Å². The van der Waals surface area contributed by atoms with Crippen LogP contribution in [0.2, 0.25) is 0 Å². The molecular weight excluding hydrogens is 212 g/mol. The molecule has 0 bridgehead atoms. The van der Waals surface area contributed by atoms with E-state index in [1.807, 2.05) is 12.2 Å². The summed E-state index contributed by atoms with van der Waals surface area (Å²) in [6.45, 7) is 3.34. The van der Waals surface area contributed by atoms with Gasteiger partial charge in [-0.2, -0.15) is 0 Å². The Balaban J connectivity index is 2.13. The Bertz CT molecular complexity index is 251. The predicted octanol–water partition coefficient (Wildman–Crippen LogP) is 1.23. The molecule has 0 amide bonds. The highest BCUT2D eigenvalue weighted by Gasteiger charge is 2.21. The number of methoxy groups -OCH3 is 1. The summed E-state index contributed by atoms with van der Waals surface area (Å²) in [6, 6.07) is 0. The van der Waals surface area contributed by atoms with E-state index < -0.39 is 0 Å². The topological polar surface area (TPSA) is 54.0 Å². The first kappa shape index (κ1) is 13.2. The summed E-state index contributed by atoms with van der Waals surface area (Å²) in [4.78, 5) is 10.7. The van der Waals surface area contributed by atoms with Crippen LogP contribution >= 0.6 is 0 Å². The Morgan fingerprint density at radius 3 is 2.75 bits per heavy atom. The summed E-state index contributed by atoms with van der Waals surface area (Å²) < 4.78 is 20.5. The molecule has 0 aromatic rings. The molecule has 1 aliphatic rings. The monoisotopic (exact) mass is 230 g/mol. The van der Waals surface area contributed by atoms with Crippen LogP contribution in [-0.4, -0.2) is 38.4 Å². The van der Waals surface area contributed by atoms with Gasteiger partial charge in [-0.25, -0.2) is 0 Å². The van der Waals surface area contributed by atoms with E-state index in [0.717, 1.165) is 0 Å². The highest BCUT2D eigenvalue weighted by atomic mass is 16.7. The number of carbonyl (C=O) groups is 1. The van der Waals surface area contributed by atoms with E-state index in [-0.39, 0.29) is 31.3 Å². The van der Waals surface area contributed by atoms with Gasteiger partial charge in [-0.3, -0.25) is 4.79 Å². The average molecular weight is 230 g/mol. The lowest BCUT2D eigenvalue weighted by atomic mass is 10.3. The van der Waals surface area contributed by atoms with Gasteiger partial charge in [0.1, 0.15) is 6.10 Å². The molecular formula is C11H18O5. The quantitative estimate of drug-likeness (QED) is 0.390. The summed E-state index contributed by atoms with van der Waals surface area (Å²) >= 11 is 0. The standard InChI is InChI=1S/C11H18O5/c1-8(12)16-11-5-4-10(6-11)15-7-14-9(2)13-3/h4-5,9-11H,6-7H2,1-3H3. The minimum Gasteiger partial charge on any atom is -0.458 e. The van der Waals surface area contributed by atoms with Crippen molar-refractivity contribution in [3.63, 3.8) is 0 Å². The largest absolute Gasteiger partial charge is 0.458 e. The molecule has 16 heavy (non-hydrogen) atoms. The number of ether oxygens (including phenoxy) is 4. The van der Waals surface area contributed by atoms with Crippen LogP contribution < -0.4 is 0 Å². The zero-order valence-corrected chi connectivity index (χ0v) is 9.84. The third-order valence-electron chi connectivity index (χ3n) is 2.24. The van der Waals surface area contributed by atoms with Crippen LogP contribution in [0.1, 0.15) is 20.3 Å². The van der Waals surface area contributed by atoms with Gasteiger partial charge in [0, 0.05) is 20.5 Å². The summed E-state index contributed by atoms with van der Waals surface area (Å²) in [5.41, 5.74) is 0. The van der Waals surface area contributed by atoms with Crippen LogP contribution in [0.25, 0.3) is 0 Å². The zero-order chi connectivity index (χ0) is 12.0. The second-order valence-corrected chi connectivity index (χ2v) is 3.56. The number of hydrogen-bond acceptors (Lipinski definition) is 5. The SMILES string of the molecule is COC(C)OCOC1C=CC(OC(C)=O)C1. The molecule has 0 spiro atoms. The number of hydrogen-bond donors (Lipinski definition) is 0. The van der Waals surface area contributed by atoms with Crippen molar-refractivity contribution < 1.29 is 23.7 Å². The van der Waals surface area contributed by atoms with Crippen LogP contribution in [0.3, 0.4) is 0 Å². The summed E-state index contributed by atoms with van der Waals surface area (Å²) in [5.74, 6) is -0.278. The number of esters is 1. The Morgan fingerprint density at radius 1 is 1.44 bits per heavy atom. The molecule has 0 aromatic heterocycles. The highest BCUT2D eigenvalue weighted by molar-refractivity contribution is 5.66. The van der Waals surface area contributed by atoms with Crippen molar-refractivity contribution in [1.82, 2.24) is 0 Å². The first-order valence-electron chi connectivity index (χ1n) is 5.23. The Kier molecular flexibility index (Phi) is 5.45. The first-order chi connectivity index (χ1) is 7.61. The van der Waals surface area contributed by atoms with Crippen molar-refractivity contribution in [3.8, 4) is 0 Å². The molecule has 3 unspecified atom stereocenters. The van der Waals surface area contributed by atoms with Gasteiger partial charge in [0.05, 0.1) is 6.10 Å². The van der Waals surface area contributed by atoms with Crippen LogP contribution in [0.15, 0.2) is 12.2 Å². The maximum atomic E-state index is 10.7.